The lowest BCUT2D eigenvalue weighted by Crippen LogP contribution is -2.50. The Kier molecular flexibility index (Phi) is 4.66. The average Bonchev–Trinajstić information content (AvgIpc) is 2.82. The van der Waals surface area contributed by atoms with Gasteiger partial charge in [0, 0.05) is 19.6 Å². The van der Waals surface area contributed by atoms with Crippen molar-refractivity contribution < 1.29 is 4.79 Å². The van der Waals surface area contributed by atoms with E-state index < -0.39 is 0 Å². The Morgan fingerprint density at radius 3 is 2.67 bits per heavy atom. The van der Waals surface area contributed by atoms with Gasteiger partial charge in [0.1, 0.15) is 0 Å². The lowest BCUT2D eigenvalue weighted by Gasteiger charge is -2.40. The van der Waals surface area contributed by atoms with Crippen molar-refractivity contribution in [1.29, 1.82) is 0 Å². The van der Waals surface area contributed by atoms with Crippen LogP contribution in [0.25, 0.3) is 0 Å². The summed E-state index contributed by atoms with van der Waals surface area (Å²) < 4.78 is 0. The zero-order chi connectivity index (χ0) is 13.0. The second-order valence-corrected chi connectivity index (χ2v) is 6.02. The Balaban J connectivity index is 2.13. The number of carbonyl (C=O) groups is 1. The molecule has 3 heteroatoms. The summed E-state index contributed by atoms with van der Waals surface area (Å²) in [6, 6.07) is 0. The number of hydrogen-bond donors (Lipinski definition) is 1. The standard InChI is InChI=1S/C15H28N2O/c1-3-9-17(10-4-2)14(18)15-8-6-5-7-13(15)11-16-12-15/h13,16H,3-12H2,1-2H3/t13-,15+/m0/s1. The maximum absolute atomic E-state index is 13.0. The van der Waals surface area contributed by atoms with Gasteiger partial charge in [0.2, 0.25) is 5.91 Å². The summed E-state index contributed by atoms with van der Waals surface area (Å²) >= 11 is 0. The van der Waals surface area contributed by atoms with Crippen LogP contribution in [-0.4, -0.2) is 37.0 Å². The minimum absolute atomic E-state index is 0.0530. The molecule has 1 saturated heterocycles. The van der Waals surface area contributed by atoms with E-state index in [0.717, 1.165) is 45.4 Å². The normalized spacial score (nSPS) is 31.1. The molecule has 0 aromatic carbocycles. The minimum Gasteiger partial charge on any atom is -0.342 e. The van der Waals surface area contributed by atoms with E-state index in [-0.39, 0.29) is 5.41 Å². The van der Waals surface area contributed by atoms with Crippen LogP contribution in [0.5, 0.6) is 0 Å². The zero-order valence-corrected chi connectivity index (χ0v) is 12.0. The predicted molar refractivity (Wildman–Crippen MR) is 74.4 cm³/mol. The quantitative estimate of drug-likeness (QED) is 0.815. The van der Waals surface area contributed by atoms with E-state index in [0.29, 0.717) is 11.8 Å². The summed E-state index contributed by atoms with van der Waals surface area (Å²) in [5.41, 5.74) is -0.0530. The topological polar surface area (TPSA) is 32.3 Å². The minimum atomic E-state index is -0.0530. The summed E-state index contributed by atoms with van der Waals surface area (Å²) in [4.78, 5) is 15.1. The predicted octanol–water partition coefficient (Wildman–Crippen LogP) is 2.41. The van der Waals surface area contributed by atoms with Gasteiger partial charge < -0.3 is 10.2 Å². The van der Waals surface area contributed by atoms with E-state index in [1.165, 1.54) is 19.3 Å². The Morgan fingerprint density at radius 1 is 1.28 bits per heavy atom. The number of amides is 1. The second-order valence-electron chi connectivity index (χ2n) is 6.02. The smallest absolute Gasteiger partial charge is 0.230 e. The lowest BCUT2D eigenvalue weighted by molar-refractivity contribution is -0.145. The van der Waals surface area contributed by atoms with Gasteiger partial charge in [0.05, 0.1) is 5.41 Å². The molecule has 1 N–H and O–H groups in total. The van der Waals surface area contributed by atoms with Crippen molar-refractivity contribution in [3.8, 4) is 0 Å². The summed E-state index contributed by atoms with van der Waals surface area (Å²) in [7, 11) is 0. The molecule has 0 spiro atoms. The van der Waals surface area contributed by atoms with Gasteiger partial charge in [-0.2, -0.15) is 0 Å². The van der Waals surface area contributed by atoms with Crippen LogP contribution in [0.15, 0.2) is 0 Å². The fraction of sp³-hybridized carbons (Fsp3) is 0.933. The van der Waals surface area contributed by atoms with Gasteiger partial charge in [0.25, 0.3) is 0 Å². The van der Waals surface area contributed by atoms with Crippen LogP contribution in [0.4, 0.5) is 0 Å². The average molecular weight is 252 g/mol. The number of nitrogens with zero attached hydrogens (tertiary/aromatic N) is 1. The highest BCUT2D eigenvalue weighted by atomic mass is 16.2. The van der Waals surface area contributed by atoms with Gasteiger partial charge in [-0.1, -0.05) is 26.7 Å². The summed E-state index contributed by atoms with van der Waals surface area (Å²) in [5, 5.41) is 3.48. The molecule has 2 fully saturated rings. The van der Waals surface area contributed by atoms with Crippen LogP contribution < -0.4 is 5.32 Å². The molecule has 0 bridgehead atoms. The fourth-order valence-corrected chi connectivity index (χ4v) is 3.84. The van der Waals surface area contributed by atoms with Gasteiger partial charge in [-0.05, 0) is 38.1 Å². The molecule has 1 aliphatic carbocycles. The first-order valence-electron chi connectivity index (χ1n) is 7.74. The molecule has 18 heavy (non-hydrogen) atoms. The van der Waals surface area contributed by atoms with Gasteiger partial charge >= 0.3 is 0 Å². The third-order valence-electron chi connectivity index (χ3n) is 4.74. The second kappa shape index (κ2) is 6.05. The van der Waals surface area contributed by atoms with Crippen LogP contribution in [0.1, 0.15) is 52.4 Å². The molecule has 0 unspecified atom stereocenters. The molecule has 1 aliphatic heterocycles. The lowest BCUT2D eigenvalue weighted by atomic mass is 9.67. The van der Waals surface area contributed by atoms with E-state index in [1.54, 1.807) is 0 Å². The molecule has 2 aliphatic rings. The van der Waals surface area contributed by atoms with E-state index >= 15 is 0 Å². The number of hydrogen-bond acceptors (Lipinski definition) is 2. The molecule has 0 aromatic heterocycles. The van der Waals surface area contributed by atoms with Gasteiger partial charge in [-0.3, -0.25) is 4.79 Å². The summed E-state index contributed by atoms with van der Waals surface area (Å²) in [6.45, 7) is 8.16. The Bertz CT molecular complexity index is 286. The van der Waals surface area contributed by atoms with E-state index in [4.69, 9.17) is 0 Å². The highest BCUT2D eigenvalue weighted by Gasteiger charge is 2.51. The summed E-state index contributed by atoms with van der Waals surface area (Å²) in [6.07, 6.45) is 7.02. The molecule has 1 saturated carbocycles. The first kappa shape index (κ1) is 13.9. The Hall–Kier alpha value is -0.570. The molecule has 3 nitrogen and oxygen atoms in total. The highest BCUT2D eigenvalue weighted by molar-refractivity contribution is 5.84. The highest BCUT2D eigenvalue weighted by Crippen LogP contribution is 2.45. The van der Waals surface area contributed by atoms with Gasteiger partial charge in [-0.15, -0.1) is 0 Å². The van der Waals surface area contributed by atoms with Crippen LogP contribution in [-0.2, 0) is 4.79 Å². The van der Waals surface area contributed by atoms with Crippen molar-refractivity contribution >= 4 is 5.91 Å². The molecule has 2 rings (SSSR count). The van der Waals surface area contributed by atoms with E-state index in [1.807, 2.05) is 0 Å². The Labute approximate surface area is 111 Å². The van der Waals surface area contributed by atoms with Crippen molar-refractivity contribution in [3.63, 3.8) is 0 Å². The largest absolute Gasteiger partial charge is 0.342 e. The number of fused-ring (bicyclic) bond motifs is 1. The van der Waals surface area contributed by atoms with E-state index in [2.05, 4.69) is 24.1 Å². The maximum Gasteiger partial charge on any atom is 0.230 e. The number of nitrogens with one attached hydrogen (secondary N) is 1. The maximum atomic E-state index is 13.0. The van der Waals surface area contributed by atoms with Crippen molar-refractivity contribution in [2.75, 3.05) is 26.2 Å². The third-order valence-corrected chi connectivity index (χ3v) is 4.74. The molecule has 0 radical (unpaired) electrons. The third kappa shape index (κ3) is 2.42. The molecule has 104 valence electrons. The molecular formula is C15H28N2O. The van der Waals surface area contributed by atoms with Crippen LogP contribution in [0, 0.1) is 11.3 Å². The number of carbonyl (C=O) groups excluding carboxylic acids is 1. The SMILES string of the molecule is CCCN(CCC)C(=O)[C@@]12CCCC[C@H]1CNC2. The zero-order valence-electron chi connectivity index (χ0n) is 12.0. The van der Waals surface area contributed by atoms with Gasteiger partial charge in [-0.25, -0.2) is 0 Å². The van der Waals surface area contributed by atoms with Crippen molar-refractivity contribution in [3.05, 3.63) is 0 Å². The van der Waals surface area contributed by atoms with Gasteiger partial charge in [0.15, 0.2) is 0 Å². The van der Waals surface area contributed by atoms with Crippen molar-refractivity contribution in [2.45, 2.75) is 52.4 Å². The first-order valence-corrected chi connectivity index (χ1v) is 7.74. The summed E-state index contributed by atoms with van der Waals surface area (Å²) in [5.74, 6) is 1.04. The van der Waals surface area contributed by atoms with Crippen LogP contribution in [0.3, 0.4) is 0 Å². The Morgan fingerprint density at radius 2 is 2.00 bits per heavy atom. The molecule has 2 atom stereocenters. The van der Waals surface area contributed by atoms with Crippen LogP contribution >= 0.6 is 0 Å². The van der Waals surface area contributed by atoms with Crippen molar-refractivity contribution in [1.82, 2.24) is 10.2 Å². The first-order chi connectivity index (χ1) is 8.74. The molecule has 0 aromatic rings. The van der Waals surface area contributed by atoms with Crippen LogP contribution in [0.2, 0.25) is 0 Å². The molecular weight excluding hydrogens is 224 g/mol. The molecule has 1 amide bonds. The monoisotopic (exact) mass is 252 g/mol. The van der Waals surface area contributed by atoms with Crippen molar-refractivity contribution in [2.24, 2.45) is 11.3 Å². The fourth-order valence-electron chi connectivity index (χ4n) is 3.84. The number of rotatable bonds is 5. The van der Waals surface area contributed by atoms with E-state index in [9.17, 15) is 4.79 Å². The molecule has 1 heterocycles.